The predicted molar refractivity (Wildman–Crippen MR) is 40.6 cm³/mol. The summed E-state index contributed by atoms with van der Waals surface area (Å²) in [5, 5.41) is -4.52. The Labute approximate surface area is 87.4 Å². The zero-order chi connectivity index (χ0) is 13.0. The van der Waals surface area contributed by atoms with Crippen molar-refractivity contribution in [1.29, 1.82) is 0 Å². The van der Waals surface area contributed by atoms with Crippen molar-refractivity contribution in [2.24, 2.45) is 0 Å². The van der Waals surface area contributed by atoms with E-state index in [1.807, 2.05) is 0 Å². The van der Waals surface area contributed by atoms with Crippen LogP contribution in [0.4, 0.5) is 26.5 Å². The molecule has 0 N–H and O–H groups in total. The van der Waals surface area contributed by atoms with Crippen LogP contribution in [-0.2, 0) is 14.5 Å². The third-order valence-electron chi connectivity index (χ3n) is 1.63. The van der Waals surface area contributed by atoms with Crippen molar-refractivity contribution >= 4 is 10.1 Å². The van der Waals surface area contributed by atoms with Gasteiger partial charge in [0.05, 0.1) is 0 Å². The molecule has 0 unspecified atom stereocenters. The van der Waals surface area contributed by atoms with E-state index in [1.54, 1.807) is 0 Å². The van der Waals surface area contributed by atoms with E-state index >= 15 is 0 Å². The molecule has 98 valence electrons. The van der Waals surface area contributed by atoms with Crippen LogP contribution in [0.5, 0.6) is 0 Å². The molecule has 0 aliphatic carbocycles. The SMILES string of the molecule is O=S(=O)(OF)C(F)(F)CCCCC(F)(F)F. The standard InChI is InChI=1S/C6H8F6O3S/c7-5(8,9)3-1-2-4-6(10,11)16(13,14)15-12/h1-4H2. The molecule has 16 heavy (non-hydrogen) atoms. The molecule has 0 saturated carbocycles. The number of hydrogen-bond acceptors (Lipinski definition) is 3. The number of unbranched alkanes of at least 4 members (excludes halogenated alkanes) is 1. The number of halogens is 6. The molecule has 0 saturated heterocycles. The van der Waals surface area contributed by atoms with E-state index in [9.17, 15) is 34.9 Å². The molecular formula is C6H8F6O3S. The molecule has 0 fully saturated rings. The molecule has 10 heteroatoms. The fourth-order valence-electron chi connectivity index (χ4n) is 0.827. The molecule has 0 spiro atoms. The second-order valence-corrected chi connectivity index (χ2v) is 4.61. The highest BCUT2D eigenvalue weighted by atomic mass is 32.2. The molecule has 0 aliphatic rings. The van der Waals surface area contributed by atoms with Crippen molar-refractivity contribution in [3.05, 3.63) is 0 Å². The fourth-order valence-corrected chi connectivity index (χ4v) is 1.31. The highest BCUT2D eigenvalue weighted by Gasteiger charge is 2.46. The first-order chi connectivity index (χ1) is 7.02. The molecule has 0 aliphatic heterocycles. The maximum atomic E-state index is 12.6. The average molecular weight is 274 g/mol. The largest absolute Gasteiger partial charge is 0.389 e. The highest BCUT2D eigenvalue weighted by molar-refractivity contribution is 7.87. The fraction of sp³-hybridized carbons (Fsp3) is 1.00. The number of rotatable bonds is 6. The van der Waals surface area contributed by atoms with E-state index in [0.29, 0.717) is 0 Å². The minimum absolute atomic E-state index is 0.666. The summed E-state index contributed by atoms with van der Waals surface area (Å²) in [7, 11) is -5.69. The second kappa shape index (κ2) is 5.21. The summed E-state index contributed by atoms with van der Waals surface area (Å²) in [6.07, 6.45) is -8.60. The van der Waals surface area contributed by atoms with Crippen molar-refractivity contribution in [3.8, 4) is 0 Å². The maximum absolute atomic E-state index is 12.6. The summed E-state index contributed by atoms with van der Waals surface area (Å²) in [6.45, 7) is 0. The molecule has 0 aromatic heterocycles. The van der Waals surface area contributed by atoms with Gasteiger partial charge in [0.15, 0.2) is 0 Å². The molecular weight excluding hydrogens is 266 g/mol. The van der Waals surface area contributed by atoms with E-state index in [2.05, 4.69) is 4.39 Å². The lowest BCUT2D eigenvalue weighted by Crippen LogP contribution is -2.28. The Morgan fingerprint density at radius 3 is 1.75 bits per heavy atom. The first kappa shape index (κ1) is 15.5. The predicted octanol–water partition coefficient (Wildman–Crippen LogP) is 2.93. The summed E-state index contributed by atoms with van der Waals surface area (Å²) in [6, 6.07) is 0. The van der Waals surface area contributed by atoms with Crippen LogP contribution < -0.4 is 0 Å². The van der Waals surface area contributed by atoms with E-state index in [1.165, 1.54) is 0 Å². The van der Waals surface area contributed by atoms with Gasteiger partial charge in [-0.3, -0.25) is 0 Å². The quantitative estimate of drug-likeness (QED) is 0.552. The molecule has 0 heterocycles. The maximum Gasteiger partial charge on any atom is 0.389 e. The van der Waals surface area contributed by atoms with Gasteiger partial charge in [-0.05, 0) is 17.4 Å². The van der Waals surface area contributed by atoms with Gasteiger partial charge in [-0.25, -0.2) is 0 Å². The third-order valence-corrected chi connectivity index (χ3v) is 2.73. The van der Waals surface area contributed by atoms with Gasteiger partial charge in [0.25, 0.3) is 0 Å². The van der Waals surface area contributed by atoms with Crippen LogP contribution in [-0.4, -0.2) is 19.8 Å². The van der Waals surface area contributed by atoms with Crippen molar-refractivity contribution in [2.45, 2.75) is 37.1 Å². The lowest BCUT2D eigenvalue weighted by atomic mass is 10.2. The number of alkyl halides is 5. The average Bonchev–Trinajstić information content (AvgIpc) is 2.11. The van der Waals surface area contributed by atoms with E-state index in [0.717, 1.165) is 0 Å². The summed E-state index contributed by atoms with van der Waals surface area (Å²) in [5.41, 5.74) is 0. The van der Waals surface area contributed by atoms with Gasteiger partial charge >= 0.3 is 21.5 Å². The van der Waals surface area contributed by atoms with Crippen LogP contribution in [0.15, 0.2) is 0 Å². The Balaban J connectivity index is 4.12. The van der Waals surface area contributed by atoms with Crippen LogP contribution in [0, 0.1) is 0 Å². The minimum atomic E-state index is -5.69. The van der Waals surface area contributed by atoms with Crippen molar-refractivity contribution in [2.75, 3.05) is 0 Å². The van der Waals surface area contributed by atoms with Crippen LogP contribution in [0.25, 0.3) is 0 Å². The van der Waals surface area contributed by atoms with Gasteiger partial charge in [-0.15, -0.1) is 0 Å². The molecule has 0 atom stereocenters. The second-order valence-electron chi connectivity index (χ2n) is 2.98. The molecule has 0 aromatic rings. The van der Waals surface area contributed by atoms with Crippen molar-refractivity contribution < 1.29 is 39.3 Å². The molecule has 3 nitrogen and oxygen atoms in total. The summed E-state index contributed by atoms with van der Waals surface area (Å²) >= 11 is 0. The van der Waals surface area contributed by atoms with Gasteiger partial charge in [0, 0.05) is 12.8 Å². The Morgan fingerprint density at radius 2 is 1.38 bits per heavy atom. The first-order valence-electron chi connectivity index (χ1n) is 4.01. The van der Waals surface area contributed by atoms with Crippen LogP contribution in [0.2, 0.25) is 0 Å². The third kappa shape index (κ3) is 5.01. The minimum Gasteiger partial charge on any atom is -0.190 e. The molecule has 0 radical (unpaired) electrons. The zero-order valence-electron chi connectivity index (χ0n) is 7.73. The zero-order valence-corrected chi connectivity index (χ0v) is 8.55. The lowest BCUT2D eigenvalue weighted by Gasteiger charge is -2.13. The van der Waals surface area contributed by atoms with Crippen LogP contribution in [0.1, 0.15) is 25.7 Å². The summed E-state index contributed by atoms with van der Waals surface area (Å²) in [5.74, 6) is 0. The molecule has 0 bridgehead atoms. The van der Waals surface area contributed by atoms with E-state index in [4.69, 9.17) is 0 Å². The van der Waals surface area contributed by atoms with Crippen molar-refractivity contribution in [3.63, 3.8) is 0 Å². The van der Waals surface area contributed by atoms with E-state index < -0.39 is 47.2 Å². The topological polar surface area (TPSA) is 43.4 Å². The summed E-state index contributed by atoms with van der Waals surface area (Å²) in [4.78, 5) is 0. The normalized spacial score (nSPS) is 14.1. The lowest BCUT2D eigenvalue weighted by molar-refractivity contribution is -0.136. The Hall–Kier alpha value is -0.510. The van der Waals surface area contributed by atoms with Gasteiger partial charge in [-0.2, -0.15) is 30.4 Å². The Bertz CT molecular complexity index is 309. The smallest absolute Gasteiger partial charge is 0.190 e. The first-order valence-corrected chi connectivity index (χ1v) is 5.42. The van der Waals surface area contributed by atoms with Gasteiger partial charge in [0.2, 0.25) is 0 Å². The van der Waals surface area contributed by atoms with Crippen molar-refractivity contribution in [1.82, 2.24) is 0 Å². The van der Waals surface area contributed by atoms with Gasteiger partial charge in [-0.1, -0.05) is 4.39 Å². The molecule has 0 rings (SSSR count). The Kier molecular flexibility index (Phi) is 5.05. The molecule has 0 aromatic carbocycles. The van der Waals surface area contributed by atoms with E-state index in [-0.39, 0.29) is 0 Å². The number of hydrogen-bond donors (Lipinski definition) is 0. The molecule has 0 amide bonds. The summed E-state index contributed by atoms with van der Waals surface area (Å²) < 4.78 is 93.7. The van der Waals surface area contributed by atoms with Crippen LogP contribution in [0.3, 0.4) is 0 Å². The monoisotopic (exact) mass is 274 g/mol. The van der Waals surface area contributed by atoms with Gasteiger partial charge < -0.3 is 0 Å². The van der Waals surface area contributed by atoms with Crippen LogP contribution >= 0.6 is 0 Å². The van der Waals surface area contributed by atoms with Gasteiger partial charge in [0.1, 0.15) is 0 Å². The Morgan fingerprint density at radius 1 is 0.938 bits per heavy atom. The highest BCUT2D eigenvalue weighted by Crippen LogP contribution is 2.31.